The largest absolute Gasteiger partial charge is 0.507 e. The zero-order valence-corrected chi connectivity index (χ0v) is 16.9. The molecule has 1 aliphatic rings. The molecular weight excluding hydrogens is 415 g/mol. The van der Waals surface area contributed by atoms with Crippen molar-refractivity contribution in [1.82, 2.24) is 0 Å². The molecule has 1 saturated heterocycles. The average molecular weight is 432 g/mol. The van der Waals surface area contributed by atoms with Crippen LogP contribution < -0.4 is 4.90 Å². The van der Waals surface area contributed by atoms with Crippen LogP contribution in [0.2, 0.25) is 0 Å². The molecule has 0 radical (unpaired) electrons. The van der Waals surface area contributed by atoms with Crippen molar-refractivity contribution in [2.45, 2.75) is 13.0 Å². The molecule has 3 aromatic rings. The number of hydrogen-bond donors (Lipinski definition) is 1. The molecule has 1 atom stereocenters. The molecule has 1 fully saturated rings. The Balaban J connectivity index is 1.97. The SMILES string of the molecule is Cc1ccc(N2C(=O)C(=O)/C(=C(/O)c3cccc([N+](=O)[O-])c3)C2c2ccccc2F)cc1. The van der Waals surface area contributed by atoms with Gasteiger partial charge >= 0.3 is 0 Å². The first kappa shape index (κ1) is 20.9. The fourth-order valence-electron chi connectivity index (χ4n) is 3.72. The highest BCUT2D eigenvalue weighted by atomic mass is 19.1. The van der Waals surface area contributed by atoms with Gasteiger partial charge in [-0.3, -0.25) is 24.6 Å². The van der Waals surface area contributed by atoms with Crippen LogP contribution >= 0.6 is 0 Å². The number of hydrogen-bond acceptors (Lipinski definition) is 5. The van der Waals surface area contributed by atoms with E-state index in [0.29, 0.717) is 5.69 Å². The molecule has 3 aromatic carbocycles. The Morgan fingerprint density at radius 2 is 1.72 bits per heavy atom. The third-order valence-corrected chi connectivity index (χ3v) is 5.29. The maximum atomic E-state index is 14.8. The first-order valence-electron chi connectivity index (χ1n) is 9.66. The Morgan fingerprint density at radius 1 is 1.03 bits per heavy atom. The van der Waals surface area contributed by atoms with Crippen molar-refractivity contribution in [3.63, 3.8) is 0 Å². The number of anilines is 1. The molecule has 1 unspecified atom stereocenters. The van der Waals surface area contributed by atoms with Gasteiger partial charge in [-0.15, -0.1) is 0 Å². The first-order valence-corrected chi connectivity index (χ1v) is 9.66. The lowest BCUT2D eigenvalue weighted by molar-refractivity contribution is -0.384. The first-order chi connectivity index (χ1) is 15.3. The van der Waals surface area contributed by atoms with Crippen LogP contribution in [0.5, 0.6) is 0 Å². The minimum absolute atomic E-state index is 0.0132. The van der Waals surface area contributed by atoms with Gasteiger partial charge in [0.05, 0.1) is 16.5 Å². The lowest BCUT2D eigenvalue weighted by atomic mass is 9.94. The lowest BCUT2D eigenvalue weighted by Crippen LogP contribution is -2.29. The van der Waals surface area contributed by atoms with Crippen molar-refractivity contribution in [2.75, 3.05) is 4.90 Å². The molecular formula is C24H17FN2O5. The van der Waals surface area contributed by atoms with Crippen LogP contribution in [0, 0.1) is 22.9 Å². The number of carbonyl (C=O) groups is 2. The molecule has 1 aliphatic heterocycles. The van der Waals surface area contributed by atoms with Crippen LogP contribution in [-0.2, 0) is 9.59 Å². The zero-order chi connectivity index (χ0) is 23.0. The van der Waals surface area contributed by atoms with Crippen LogP contribution in [0.25, 0.3) is 5.76 Å². The minimum Gasteiger partial charge on any atom is -0.507 e. The molecule has 0 spiro atoms. The van der Waals surface area contributed by atoms with Crippen molar-refractivity contribution in [2.24, 2.45) is 0 Å². The minimum atomic E-state index is -1.25. The summed E-state index contributed by atoms with van der Waals surface area (Å²) in [5, 5.41) is 22.1. The molecule has 32 heavy (non-hydrogen) atoms. The number of nitrogens with zero attached hydrogens (tertiary/aromatic N) is 2. The van der Waals surface area contributed by atoms with E-state index in [2.05, 4.69) is 0 Å². The third kappa shape index (κ3) is 3.51. The second-order valence-corrected chi connectivity index (χ2v) is 7.33. The molecule has 4 rings (SSSR count). The number of aliphatic hydroxyl groups excluding tert-OH is 1. The van der Waals surface area contributed by atoms with Gasteiger partial charge in [0.1, 0.15) is 11.6 Å². The summed E-state index contributed by atoms with van der Waals surface area (Å²) in [4.78, 5) is 37.6. The maximum Gasteiger partial charge on any atom is 0.300 e. The number of benzene rings is 3. The van der Waals surface area contributed by atoms with Gasteiger partial charge in [-0.25, -0.2) is 4.39 Å². The molecule has 160 valence electrons. The molecule has 8 heteroatoms. The number of aryl methyl sites for hydroxylation is 1. The van der Waals surface area contributed by atoms with Gasteiger partial charge in [0.2, 0.25) is 0 Å². The topological polar surface area (TPSA) is 101 Å². The molecule has 0 aromatic heterocycles. The number of Topliss-reactive ketones (excluding diaryl/α,β-unsaturated/α-hetero) is 1. The predicted molar refractivity (Wildman–Crippen MR) is 115 cm³/mol. The summed E-state index contributed by atoms with van der Waals surface area (Å²) < 4.78 is 14.8. The van der Waals surface area contributed by atoms with E-state index in [4.69, 9.17) is 0 Å². The van der Waals surface area contributed by atoms with Crippen molar-refractivity contribution < 1.29 is 24.0 Å². The number of ketones is 1. The average Bonchev–Trinajstić information content (AvgIpc) is 3.04. The molecule has 1 amide bonds. The van der Waals surface area contributed by atoms with Gasteiger partial charge in [0.15, 0.2) is 0 Å². The monoisotopic (exact) mass is 432 g/mol. The van der Waals surface area contributed by atoms with Crippen LogP contribution in [0.4, 0.5) is 15.8 Å². The van der Waals surface area contributed by atoms with E-state index in [1.165, 1.54) is 36.4 Å². The molecule has 0 bridgehead atoms. The van der Waals surface area contributed by atoms with E-state index in [9.17, 15) is 29.2 Å². The second-order valence-electron chi connectivity index (χ2n) is 7.33. The number of carbonyl (C=O) groups excluding carboxylic acids is 2. The van der Waals surface area contributed by atoms with Gasteiger partial charge in [-0.2, -0.15) is 0 Å². The molecule has 7 nitrogen and oxygen atoms in total. The molecule has 0 aliphatic carbocycles. The van der Waals surface area contributed by atoms with E-state index in [1.807, 2.05) is 6.92 Å². The highest BCUT2D eigenvalue weighted by Crippen LogP contribution is 2.43. The molecule has 0 saturated carbocycles. The Bertz CT molecular complexity index is 1280. The summed E-state index contributed by atoms with van der Waals surface area (Å²) in [6, 6.07) is 16.2. The quantitative estimate of drug-likeness (QED) is 0.212. The van der Waals surface area contributed by atoms with Gasteiger partial charge in [0.25, 0.3) is 17.4 Å². The van der Waals surface area contributed by atoms with Gasteiger partial charge in [-0.05, 0) is 25.1 Å². The lowest BCUT2D eigenvalue weighted by Gasteiger charge is -2.25. The number of halogens is 1. The number of aliphatic hydroxyl groups is 1. The number of non-ortho nitro benzene ring substituents is 1. The van der Waals surface area contributed by atoms with Crippen LogP contribution in [0.15, 0.2) is 78.4 Å². The summed E-state index contributed by atoms with van der Waals surface area (Å²) in [5.41, 5.74) is 0.612. The molecule has 1 N–H and O–H groups in total. The predicted octanol–water partition coefficient (Wildman–Crippen LogP) is 4.67. The summed E-state index contributed by atoms with van der Waals surface area (Å²) in [5.74, 6) is -3.23. The zero-order valence-electron chi connectivity index (χ0n) is 16.9. The number of nitro benzene ring substituents is 1. The van der Waals surface area contributed by atoms with Crippen LogP contribution in [-0.4, -0.2) is 21.7 Å². The van der Waals surface area contributed by atoms with Crippen LogP contribution in [0.1, 0.15) is 22.7 Å². The van der Waals surface area contributed by atoms with Gasteiger partial charge < -0.3 is 5.11 Å². The van der Waals surface area contributed by atoms with E-state index in [0.717, 1.165) is 16.5 Å². The Labute approximate surface area is 182 Å². The smallest absolute Gasteiger partial charge is 0.300 e. The summed E-state index contributed by atoms with van der Waals surface area (Å²) >= 11 is 0. The number of rotatable bonds is 4. The standard InChI is InChI=1S/C24H17FN2O5/c1-14-9-11-16(12-10-14)26-21(18-7-2-3-8-19(18)25)20(23(29)24(26)30)22(28)15-5-4-6-17(13-15)27(31)32/h2-13,21,28H,1H3/b22-20+. The Hall–Kier alpha value is -4.33. The van der Waals surface area contributed by atoms with E-state index >= 15 is 0 Å². The van der Waals surface area contributed by atoms with E-state index < -0.39 is 34.2 Å². The summed E-state index contributed by atoms with van der Waals surface area (Å²) in [6.45, 7) is 1.86. The Morgan fingerprint density at radius 3 is 2.38 bits per heavy atom. The second kappa shape index (κ2) is 8.07. The highest BCUT2D eigenvalue weighted by molar-refractivity contribution is 6.51. The fraction of sp³-hybridized carbons (Fsp3) is 0.0833. The van der Waals surface area contributed by atoms with E-state index in [1.54, 1.807) is 30.3 Å². The van der Waals surface area contributed by atoms with Crippen LogP contribution in [0.3, 0.4) is 0 Å². The number of amides is 1. The van der Waals surface area contributed by atoms with E-state index in [-0.39, 0.29) is 22.4 Å². The Kier molecular flexibility index (Phi) is 5.28. The van der Waals surface area contributed by atoms with Crippen molar-refractivity contribution in [1.29, 1.82) is 0 Å². The van der Waals surface area contributed by atoms with Crippen molar-refractivity contribution >= 4 is 28.8 Å². The van der Waals surface area contributed by atoms with Crippen molar-refractivity contribution in [3.8, 4) is 0 Å². The van der Waals surface area contributed by atoms with Crippen molar-refractivity contribution in [3.05, 3.63) is 111 Å². The summed E-state index contributed by atoms with van der Waals surface area (Å²) in [6.07, 6.45) is 0. The third-order valence-electron chi connectivity index (χ3n) is 5.29. The molecule has 1 heterocycles. The normalized spacial score (nSPS) is 17.6. The summed E-state index contributed by atoms with van der Waals surface area (Å²) in [7, 11) is 0. The maximum absolute atomic E-state index is 14.8. The fourth-order valence-corrected chi connectivity index (χ4v) is 3.72. The highest BCUT2D eigenvalue weighted by Gasteiger charge is 2.47. The number of nitro groups is 1. The van der Waals surface area contributed by atoms with Gasteiger partial charge in [0, 0.05) is 28.9 Å². The van der Waals surface area contributed by atoms with Gasteiger partial charge in [-0.1, -0.05) is 48.0 Å².